The van der Waals surface area contributed by atoms with Gasteiger partial charge in [-0.25, -0.2) is 0 Å². The zero-order chi connectivity index (χ0) is 33.3. The van der Waals surface area contributed by atoms with E-state index in [2.05, 4.69) is 131 Å². The van der Waals surface area contributed by atoms with E-state index in [9.17, 15) is 0 Å². The molecule has 3 aromatic rings. The Hall–Kier alpha value is -3.40. The summed E-state index contributed by atoms with van der Waals surface area (Å²) in [5.74, 6) is 2.48. The normalized spacial score (nSPS) is 17.7. The Kier molecular flexibility index (Phi) is 12.3. The predicted octanol–water partition coefficient (Wildman–Crippen LogP) is 12.0. The van der Waals surface area contributed by atoms with Gasteiger partial charge in [0.05, 0.1) is 18.8 Å². The first-order valence-electron chi connectivity index (χ1n) is 17.9. The molecule has 0 aliphatic carbocycles. The summed E-state index contributed by atoms with van der Waals surface area (Å²) in [5, 5.41) is 0. The van der Waals surface area contributed by atoms with Gasteiger partial charge in [-0.1, -0.05) is 70.2 Å². The highest BCUT2D eigenvalue weighted by molar-refractivity contribution is 5.82. The van der Waals surface area contributed by atoms with Crippen molar-refractivity contribution >= 4 is 22.6 Å². The molecule has 0 aromatic heterocycles. The van der Waals surface area contributed by atoms with Crippen LogP contribution < -0.4 is 19.3 Å². The van der Waals surface area contributed by atoms with Crippen molar-refractivity contribution in [1.29, 1.82) is 0 Å². The van der Waals surface area contributed by atoms with Crippen LogP contribution in [-0.4, -0.2) is 30.8 Å². The molecule has 46 heavy (non-hydrogen) atoms. The molecule has 4 heteroatoms. The van der Waals surface area contributed by atoms with Crippen LogP contribution in [0.2, 0.25) is 0 Å². The third-order valence-corrected chi connectivity index (χ3v) is 9.50. The number of allylic oxidation sites excluding steroid dienone is 1. The van der Waals surface area contributed by atoms with Gasteiger partial charge in [-0.15, -0.1) is 0 Å². The van der Waals surface area contributed by atoms with Gasteiger partial charge < -0.3 is 19.3 Å². The van der Waals surface area contributed by atoms with Crippen molar-refractivity contribution in [3.05, 3.63) is 83.9 Å². The van der Waals surface area contributed by atoms with Crippen molar-refractivity contribution in [3.8, 4) is 11.5 Å². The summed E-state index contributed by atoms with van der Waals surface area (Å²) >= 11 is 0. The average Bonchev–Trinajstić information content (AvgIpc) is 3.01. The van der Waals surface area contributed by atoms with Gasteiger partial charge in [0.15, 0.2) is 0 Å². The molecule has 0 radical (unpaired) electrons. The first-order valence-corrected chi connectivity index (χ1v) is 17.9. The molecule has 1 unspecified atom stereocenters. The minimum Gasteiger partial charge on any atom is -0.494 e. The second-order valence-electron chi connectivity index (χ2n) is 14.3. The van der Waals surface area contributed by atoms with Crippen molar-refractivity contribution < 1.29 is 9.47 Å². The number of nitrogens with zero attached hydrogens (tertiary/aromatic N) is 2. The Bertz CT molecular complexity index is 1420. The van der Waals surface area contributed by atoms with E-state index in [1.807, 2.05) is 13.8 Å². The van der Waals surface area contributed by atoms with Crippen molar-refractivity contribution in [3.63, 3.8) is 0 Å². The number of rotatable bonds is 12. The van der Waals surface area contributed by atoms with E-state index >= 15 is 0 Å². The van der Waals surface area contributed by atoms with E-state index in [4.69, 9.17) is 9.47 Å². The fourth-order valence-corrected chi connectivity index (χ4v) is 7.51. The van der Waals surface area contributed by atoms with Crippen molar-refractivity contribution in [2.45, 2.75) is 124 Å². The predicted molar refractivity (Wildman–Crippen MR) is 199 cm³/mol. The van der Waals surface area contributed by atoms with Crippen LogP contribution in [0, 0.1) is 0 Å². The smallest absolute Gasteiger partial charge is 0.120 e. The quantitative estimate of drug-likeness (QED) is 0.187. The molecule has 0 bridgehead atoms. The van der Waals surface area contributed by atoms with Crippen molar-refractivity contribution in [1.82, 2.24) is 0 Å². The minimum atomic E-state index is 0.0770. The number of benzene rings is 3. The van der Waals surface area contributed by atoms with Gasteiger partial charge in [0, 0.05) is 34.7 Å². The lowest BCUT2D eigenvalue weighted by atomic mass is 9.79. The van der Waals surface area contributed by atoms with E-state index in [-0.39, 0.29) is 11.1 Å². The van der Waals surface area contributed by atoms with Crippen molar-refractivity contribution in [2.24, 2.45) is 0 Å². The van der Waals surface area contributed by atoms with Gasteiger partial charge in [-0.05, 0) is 127 Å². The molecule has 2 aliphatic heterocycles. The second kappa shape index (κ2) is 15.9. The zero-order valence-electron chi connectivity index (χ0n) is 30.3. The third-order valence-electron chi connectivity index (χ3n) is 9.50. The number of unbranched alkanes of at least 4 members (excludes halogenated alkanes) is 5. The number of anilines is 3. The van der Waals surface area contributed by atoms with E-state index in [1.165, 1.54) is 72.3 Å². The van der Waals surface area contributed by atoms with Gasteiger partial charge in [0.2, 0.25) is 0 Å². The van der Waals surface area contributed by atoms with Gasteiger partial charge in [-0.2, -0.15) is 0 Å². The molecular weight excluding hydrogens is 564 g/mol. The molecule has 0 saturated heterocycles. The van der Waals surface area contributed by atoms with E-state index in [0.717, 1.165) is 24.5 Å². The molecule has 0 saturated carbocycles. The van der Waals surface area contributed by atoms with E-state index in [0.29, 0.717) is 19.1 Å². The molecule has 0 amide bonds. The van der Waals surface area contributed by atoms with Crippen LogP contribution in [0.15, 0.2) is 72.8 Å². The molecule has 2 aliphatic rings. The fraction of sp³-hybridized carbons (Fsp3) is 0.524. The molecule has 3 aromatic carbocycles. The van der Waals surface area contributed by atoms with Crippen LogP contribution in [0.25, 0.3) is 5.57 Å². The highest BCUT2D eigenvalue weighted by atomic mass is 16.5. The van der Waals surface area contributed by atoms with Gasteiger partial charge in [-0.3, -0.25) is 0 Å². The zero-order valence-corrected chi connectivity index (χ0v) is 30.3. The lowest BCUT2D eigenvalue weighted by Crippen LogP contribution is -2.45. The van der Waals surface area contributed by atoms with Crippen LogP contribution >= 0.6 is 0 Å². The van der Waals surface area contributed by atoms with Crippen LogP contribution in [0.3, 0.4) is 0 Å². The monoisotopic (exact) mass is 624 g/mol. The van der Waals surface area contributed by atoms with Crippen LogP contribution in [0.5, 0.6) is 11.5 Å². The second-order valence-corrected chi connectivity index (χ2v) is 14.3. The maximum Gasteiger partial charge on any atom is 0.120 e. The minimum absolute atomic E-state index is 0.0770. The number of hydrogen-bond acceptors (Lipinski definition) is 4. The van der Waals surface area contributed by atoms with E-state index < -0.39 is 0 Å². The maximum absolute atomic E-state index is 5.70. The van der Waals surface area contributed by atoms with Gasteiger partial charge >= 0.3 is 0 Å². The highest BCUT2D eigenvalue weighted by Gasteiger charge is 2.37. The summed E-state index contributed by atoms with van der Waals surface area (Å²) < 4.78 is 11.4. The first-order chi connectivity index (χ1) is 22.0. The standard InChI is InChI=1S/C22H35NO.C20H25NO/c1-6-8-9-10-11-12-15-23-21-14-13-19(24-7-2)16-20(21)18(3)17-22(23,4)5;1-5-22-17-11-12-19-18(13-17)15(2)14-20(3,4)21(19)16-9-7-6-8-10-16/h13-14,16-17H,6-12,15H2,1-5H3;6-13,15H,5,14H2,1-4H3. The Morgan fingerprint density at radius 2 is 1.35 bits per heavy atom. The Balaban J connectivity index is 0.000000209. The summed E-state index contributed by atoms with van der Waals surface area (Å²) in [5.41, 5.74) is 8.16. The lowest BCUT2D eigenvalue weighted by Gasteiger charge is -2.47. The number of para-hydroxylation sites is 1. The fourth-order valence-electron chi connectivity index (χ4n) is 7.51. The average molecular weight is 625 g/mol. The SMILES string of the molecule is CCCCCCCCN1c2ccc(OCC)cc2C(C)=CC1(C)C.CCOc1ccc2c(c1)C(C)CC(C)(C)N2c1ccccc1. The van der Waals surface area contributed by atoms with Crippen LogP contribution in [0.1, 0.15) is 124 Å². The summed E-state index contributed by atoms with van der Waals surface area (Å²) in [6, 6.07) is 23.8. The summed E-state index contributed by atoms with van der Waals surface area (Å²) in [6.07, 6.45) is 11.6. The highest BCUT2D eigenvalue weighted by Crippen LogP contribution is 2.48. The maximum atomic E-state index is 5.70. The summed E-state index contributed by atoms with van der Waals surface area (Å²) in [4.78, 5) is 5.04. The van der Waals surface area contributed by atoms with E-state index in [1.54, 1.807) is 0 Å². The number of hydrogen-bond donors (Lipinski definition) is 0. The van der Waals surface area contributed by atoms with Crippen LogP contribution in [-0.2, 0) is 0 Å². The topological polar surface area (TPSA) is 24.9 Å². The van der Waals surface area contributed by atoms with Crippen LogP contribution in [0.4, 0.5) is 17.1 Å². The molecule has 5 rings (SSSR count). The molecule has 250 valence electrons. The largest absolute Gasteiger partial charge is 0.494 e. The Morgan fingerprint density at radius 3 is 2.00 bits per heavy atom. The molecule has 4 nitrogen and oxygen atoms in total. The van der Waals surface area contributed by atoms with Crippen molar-refractivity contribution in [2.75, 3.05) is 29.6 Å². The van der Waals surface area contributed by atoms with Gasteiger partial charge in [0.25, 0.3) is 0 Å². The molecule has 2 heterocycles. The third kappa shape index (κ3) is 8.49. The summed E-state index contributed by atoms with van der Waals surface area (Å²) in [7, 11) is 0. The molecular formula is C42H60N2O2. The Labute approximate surface area is 280 Å². The number of fused-ring (bicyclic) bond motifs is 2. The Morgan fingerprint density at radius 1 is 0.739 bits per heavy atom. The molecule has 0 N–H and O–H groups in total. The lowest BCUT2D eigenvalue weighted by molar-refractivity contribution is 0.338. The molecule has 0 spiro atoms. The molecule has 1 atom stereocenters. The summed E-state index contributed by atoms with van der Waals surface area (Å²) in [6.45, 7) is 22.7. The van der Waals surface area contributed by atoms with Gasteiger partial charge in [0.1, 0.15) is 11.5 Å². The molecule has 0 fully saturated rings. The first kappa shape index (κ1) is 35.5. The number of ether oxygens (including phenoxy) is 2.